The highest BCUT2D eigenvalue weighted by Crippen LogP contribution is 2.36. The number of carbonyl (C=O) groups excluding carboxylic acids is 1. The molecular weight excluding hydrogens is 362 g/mol. The van der Waals surface area contributed by atoms with Crippen molar-refractivity contribution < 1.29 is 9.53 Å². The Labute approximate surface area is 161 Å². The summed E-state index contributed by atoms with van der Waals surface area (Å²) in [6, 6.07) is 15.7. The molecule has 1 fully saturated rings. The number of nitrogens with zero attached hydrogens (tertiary/aromatic N) is 4. The number of ether oxygens (including phenoxy) is 1. The molecule has 2 aromatic carbocycles. The van der Waals surface area contributed by atoms with Crippen LogP contribution in [0.15, 0.2) is 53.4 Å². The predicted octanol–water partition coefficient (Wildman–Crippen LogP) is 3.41. The molecule has 4 rings (SSSR count). The van der Waals surface area contributed by atoms with E-state index in [1.807, 2.05) is 53.2 Å². The summed E-state index contributed by atoms with van der Waals surface area (Å²) >= 11 is 1.48. The van der Waals surface area contributed by atoms with E-state index >= 15 is 0 Å². The molecule has 0 radical (unpaired) electrons. The average Bonchev–Trinajstić information content (AvgIpc) is 3.43. The summed E-state index contributed by atoms with van der Waals surface area (Å²) < 4.78 is 7.00. The summed E-state index contributed by atoms with van der Waals surface area (Å²) in [5.74, 6) is 1.81. The summed E-state index contributed by atoms with van der Waals surface area (Å²) in [5, 5.41) is 14.9. The van der Waals surface area contributed by atoms with Crippen LogP contribution in [-0.2, 0) is 4.79 Å². The van der Waals surface area contributed by atoms with E-state index in [2.05, 4.69) is 20.8 Å². The van der Waals surface area contributed by atoms with Crippen LogP contribution < -0.4 is 10.1 Å². The Morgan fingerprint density at radius 3 is 2.81 bits per heavy atom. The normalized spacial score (nSPS) is 13.4. The molecular formula is C19H19N5O2S. The molecule has 1 N–H and O–H groups in total. The van der Waals surface area contributed by atoms with E-state index in [0.29, 0.717) is 11.8 Å². The van der Waals surface area contributed by atoms with Gasteiger partial charge in [0.2, 0.25) is 5.91 Å². The maximum absolute atomic E-state index is 12.3. The van der Waals surface area contributed by atoms with Crippen molar-refractivity contribution in [1.29, 1.82) is 0 Å². The maximum atomic E-state index is 12.3. The fourth-order valence-electron chi connectivity index (χ4n) is 2.70. The van der Waals surface area contributed by atoms with Crippen molar-refractivity contribution in [1.82, 2.24) is 20.2 Å². The van der Waals surface area contributed by atoms with Crippen LogP contribution in [0.3, 0.4) is 0 Å². The molecule has 1 saturated carbocycles. The van der Waals surface area contributed by atoms with Gasteiger partial charge in [-0.25, -0.2) is 4.68 Å². The van der Waals surface area contributed by atoms with Crippen LogP contribution in [0.1, 0.15) is 18.9 Å². The molecule has 8 heteroatoms. The van der Waals surface area contributed by atoms with Crippen LogP contribution in [0, 0.1) is 0 Å². The molecule has 1 aliphatic carbocycles. The molecule has 0 atom stereocenters. The minimum absolute atomic E-state index is 0.0604. The van der Waals surface area contributed by atoms with Crippen molar-refractivity contribution in [3.8, 4) is 17.1 Å². The zero-order valence-electron chi connectivity index (χ0n) is 14.8. The second-order valence-corrected chi connectivity index (χ2v) is 7.32. The number of amides is 1. The Morgan fingerprint density at radius 2 is 2.07 bits per heavy atom. The van der Waals surface area contributed by atoms with Crippen molar-refractivity contribution in [2.24, 2.45) is 0 Å². The largest absolute Gasteiger partial charge is 0.497 e. The highest BCUT2D eigenvalue weighted by atomic mass is 32.2. The number of benzene rings is 2. The predicted molar refractivity (Wildman–Crippen MR) is 104 cm³/mol. The number of aromatic nitrogens is 4. The van der Waals surface area contributed by atoms with Crippen LogP contribution in [0.5, 0.6) is 5.75 Å². The lowest BCUT2D eigenvalue weighted by Crippen LogP contribution is -2.14. The number of hydrogen-bond donors (Lipinski definition) is 1. The van der Waals surface area contributed by atoms with Crippen molar-refractivity contribution in [3.63, 3.8) is 0 Å². The average molecular weight is 381 g/mol. The molecule has 1 aliphatic rings. The molecule has 1 heterocycles. The second kappa shape index (κ2) is 7.79. The molecule has 1 amide bonds. The number of methoxy groups -OCH3 is 1. The fourth-order valence-corrected chi connectivity index (χ4v) is 3.40. The first-order chi connectivity index (χ1) is 13.2. The Balaban J connectivity index is 1.38. The van der Waals surface area contributed by atoms with Crippen LogP contribution in [-0.4, -0.2) is 39.0 Å². The summed E-state index contributed by atoms with van der Waals surface area (Å²) in [4.78, 5) is 13.3. The third kappa shape index (κ3) is 4.28. The van der Waals surface area contributed by atoms with Gasteiger partial charge in [0.1, 0.15) is 5.75 Å². The van der Waals surface area contributed by atoms with Crippen LogP contribution >= 0.6 is 11.8 Å². The number of rotatable bonds is 7. The number of anilines is 1. The van der Waals surface area contributed by atoms with E-state index in [1.54, 1.807) is 7.11 Å². The summed E-state index contributed by atoms with van der Waals surface area (Å²) in [6.45, 7) is 0. The van der Waals surface area contributed by atoms with E-state index in [-0.39, 0.29) is 5.91 Å². The van der Waals surface area contributed by atoms with Gasteiger partial charge in [0.25, 0.3) is 0 Å². The molecule has 138 valence electrons. The van der Waals surface area contributed by atoms with E-state index in [1.165, 1.54) is 11.8 Å². The molecule has 0 unspecified atom stereocenters. The molecule has 0 spiro atoms. The van der Waals surface area contributed by atoms with Crippen molar-refractivity contribution in [3.05, 3.63) is 48.5 Å². The van der Waals surface area contributed by atoms with E-state index < -0.39 is 0 Å². The first-order valence-electron chi connectivity index (χ1n) is 8.68. The van der Waals surface area contributed by atoms with Gasteiger partial charge in [-0.1, -0.05) is 12.1 Å². The van der Waals surface area contributed by atoms with Gasteiger partial charge in [0, 0.05) is 16.1 Å². The number of hydrogen-bond acceptors (Lipinski definition) is 6. The number of tetrazole rings is 1. The van der Waals surface area contributed by atoms with Gasteiger partial charge in [0.15, 0.2) is 5.82 Å². The quantitative estimate of drug-likeness (QED) is 0.632. The number of carbonyl (C=O) groups is 1. The highest BCUT2D eigenvalue weighted by Gasteiger charge is 2.28. The van der Waals surface area contributed by atoms with Crippen molar-refractivity contribution in [2.75, 3.05) is 18.2 Å². The molecule has 0 saturated heterocycles. The SMILES string of the molecule is COc1ccc(SCC(=O)Nc2cccc(-c3nnnn3C3CC3)c2)cc1. The summed E-state index contributed by atoms with van der Waals surface area (Å²) in [5.41, 5.74) is 1.63. The molecule has 27 heavy (non-hydrogen) atoms. The van der Waals surface area contributed by atoms with Gasteiger partial charge in [-0.15, -0.1) is 16.9 Å². The zero-order chi connectivity index (χ0) is 18.6. The lowest BCUT2D eigenvalue weighted by atomic mass is 10.2. The Bertz CT molecular complexity index is 937. The van der Waals surface area contributed by atoms with Gasteiger partial charge in [-0.05, 0) is 59.7 Å². The Kier molecular flexibility index (Phi) is 5.06. The lowest BCUT2D eigenvalue weighted by molar-refractivity contribution is -0.113. The Morgan fingerprint density at radius 1 is 1.26 bits per heavy atom. The zero-order valence-corrected chi connectivity index (χ0v) is 15.6. The lowest BCUT2D eigenvalue weighted by Gasteiger charge is -2.08. The minimum Gasteiger partial charge on any atom is -0.497 e. The van der Waals surface area contributed by atoms with E-state index in [0.717, 1.165) is 40.6 Å². The number of nitrogens with one attached hydrogen (secondary N) is 1. The van der Waals surface area contributed by atoms with Gasteiger partial charge >= 0.3 is 0 Å². The molecule has 0 bridgehead atoms. The summed E-state index contributed by atoms with van der Waals surface area (Å²) in [6.07, 6.45) is 2.22. The first-order valence-corrected chi connectivity index (χ1v) is 9.66. The third-order valence-corrected chi connectivity index (χ3v) is 5.23. The highest BCUT2D eigenvalue weighted by molar-refractivity contribution is 8.00. The first kappa shape index (κ1) is 17.5. The van der Waals surface area contributed by atoms with Crippen LogP contribution in [0.2, 0.25) is 0 Å². The topological polar surface area (TPSA) is 81.9 Å². The third-order valence-electron chi connectivity index (χ3n) is 4.22. The van der Waals surface area contributed by atoms with Gasteiger partial charge in [0.05, 0.1) is 18.9 Å². The van der Waals surface area contributed by atoms with E-state index in [4.69, 9.17) is 4.74 Å². The second-order valence-electron chi connectivity index (χ2n) is 6.27. The van der Waals surface area contributed by atoms with Crippen LogP contribution in [0.4, 0.5) is 5.69 Å². The monoisotopic (exact) mass is 381 g/mol. The van der Waals surface area contributed by atoms with Crippen molar-refractivity contribution >= 4 is 23.4 Å². The fraction of sp³-hybridized carbons (Fsp3) is 0.263. The molecule has 0 aliphatic heterocycles. The molecule has 1 aromatic heterocycles. The Hall–Kier alpha value is -2.87. The van der Waals surface area contributed by atoms with Gasteiger partial charge in [-0.3, -0.25) is 4.79 Å². The van der Waals surface area contributed by atoms with Gasteiger partial charge < -0.3 is 10.1 Å². The summed E-state index contributed by atoms with van der Waals surface area (Å²) in [7, 11) is 1.63. The van der Waals surface area contributed by atoms with Gasteiger partial charge in [-0.2, -0.15) is 0 Å². The van der Waals surface area contributed by atoms with Crippen molar-refractivity contribution in [2.45, 2.75) is 23.8 Å². The minimum atomic E-state index is -0.0604. The molecule has 7 nitrogen and oxygen atoms in total. The smallest absolute Gasteiger partial charge is 0.234 e. The maximum Gasteiger partial charge on any atom is 0.234 e. The van der Waals surface area contributed by atoms with E-state index in [9.17, 15) is 4.79 Å². The molecule has 3 aromatic rings. The number of thioether (sulfide) groups is 1. The standard InChI is InChI=1S/C19H19N5O2S/c1-26-16-7-9-17(10-8-16)27-12-18(25)20-14-4-2-3-13(11-14)19-21-22-23-24(19)15-5-6-15/h2-4,7-11,15H,5-6,12H2,1H3,(H,20,25). The van der Waals surface area contributed by atoms with Crippen LogP contribution in [0.25, 0.3) is 11.4 Å².